The highest BCUT2D eigenvalue weighted by Crippen LogP contribution is 2.25. The first-order valence-corrected chi connectivity index (χ1v) is 4.76. The fourth-order valence-corrected chi connectivity index (χ4v) is 1.43. The average Bonchev–Trinajstić information content (AvgIpc) is 2.09. The van der Waals surface area contributed by atoms with Crippen LogP contribution >= 0.6 is 15.9 Å². The summed E-state index contributed by atoms with van der Waals surface area (Å²) in [4.78, 5) is 0. The molecule has 1 aromatic rings. The van der Waals surface area contributed by atoms with Gasteiger partial charge in [-0.15, -0.1) is 0 Å². The Morgan fingerprint density at radius 2 is 2.23 bits per heavy atom. The monoisotopic (exact) mass is 247 g/mol. The zero-order chi connectivity index (χ0) is 9.84. The van der Waals surface area contributed by atoms with Crippen molar-refractivity contribution in [3.63, 3.8) is 0 Å². The number of likely N-dealkylation sites (N-methyl/N-ethyl adjacent to an activating group) is 1. The highest BCUT2D eigenvalue weighted by molar-refractivity contribution is 9.10. The lowest BCUT2D eigenvalue weighted by molar-refractivity contribution is 0.460. The molecule has 0 aliphatic rings. The van der Waals surface area contributed by atoms with Crippen LogP contribution < -0.4 is 5.32 Å². The third-order valence-electron chi connectivity index (χ3n) is 1.77. The van der Waals surface area contributed by atoms with Gasteiger partial charge in [-0.3, -0.25) is 0 Å². The maximum absolute atomic E-state index is 12.9. The average molecular weight is 248 g/mol. The molecule has 0 saturated carbocycles. The van der Waals surface area contributed by atoms with Crippen molar-refractivity contribution in [3.05, 3.63) is 28.0 Å². The van der Waals surface area contributed by atoms with Gasteiger partial charge in [0.2, 0.25) is 0 Å². The van der Waals surface area contributed by atoms with E-state index in [0.717, 1.165) is 18.2 Å². The number of hydrogen-bond donors (Lipinski definition) is 2. The van der Waals surface area contributed by atoms with E-state index in [4.69, 9.17) is 0 Å². The van der Waals surface area contributed by atoms with Gasteiger partial charge in [0.1, 0.15) is 11.6 Å². The second kappa shape index (κ2) is 4.58. The molecule has 0 aliphatic heterocycles. The number of phenols is 1. The Hall–Kier alpha value is -0.610. The van der Waals surface area contributed by atoms with Crippen LogP contribution in [0, 0.1) is 5.82 Å². The molecule has 4 heteroatoms. The summed E-state index contributed by atoms with van der Waals surface area (Å²) in [5, 5.41) is 12.3. The van der Waals surface area contributed by atoms with Gasteiger partial charge in [-0.1, -0.05) is 0 Å². The van der Waals surface area contributed by atoms with Crippen molar-refractivity contribution in [2.24, 2.45) is 0 Å². The third-order valence-corrected chi connectivity index (χ3v) is 2.37. The first-order chi connectivity index (χ1) is 6.15. The Bertz CT molecular complexity index is 304. The molecule has 0 atom stereocenters. The van der Waals surface area contributed by atoms with Gasteiger partial charge in [-0.05, 0) is 47.6 Å². The van der Waals surface area contributed by atoms with Crippen LogP contribution in [0.4, 0.5) is 4.39 Å². The number of phenolic OH excluding ortho intramolecular Hbond substituents is 1. The standard InChI is InChI=1S/C9H11BrFNO/c1-12-3-2-6-4-7(10)8(11)5-9(6)13/h4-5,12-13H,2-3H2,1H3. The molecule has 0 heterocycles. The quantitative estimate of drug-likeness (QED) is 0.858. The number of halogens is 2. The zero-order valence-electron chi connectivity index (χ0n) is 7.27. The molecule has 2 nitrogen and oxygen atoms in total. The van der Waals surface area contributed by atoms with Crippen LogP contribution in [0.15, 0.2) is 16.6 Å². The molecule has 2 N–H and O–H groups in total. The minimum absolute atomic E-state index is 0.0101. The van der Waals surface area contributed by atoms with Gasteiger partial charge in [0.15, 0.2) is 0 Å². The number of benzene rings is 1. The van der Waals surface area contributed by atoms with Gasteiger partial charge in [-0.25, -0.2) is 4.39 Å². The van der Waals surface area contributed by atoms with Crippen LogP contribution in [-0.2, 0) is 6.42 Å². The maximum atomic E-state index is 12.9. The van der Waals surface area contributed by atoms with E-state index in [9.17, 15) is 9.50 Å². The summed E-state index contributed by atoms with van der Waals surface area (Å²) in [6.45, 7) is 0.756. The lowest BCUT2D eigenvalue weighted by Gasteiger charge is -2.05. The number of hydrogen-bond acceptors (Lipinski definition) is 2. The topological polar surface area (TPSA) is 32.3 Å². The third kappa shape index (κ3) is 2.67. The molecule has 0 aromatic heterocycles. The van der Waals surface area contributed by atoms with Crippen molar-refractivity contribution in [2.75, 3.05) is 13.6 Å². The van der Waals surface area contributed by atoms with Gasteiger partial charge in [-0.2, -0.15) is 0 Å². The highest BCUT2D eigenvalue weighted by Gasteiger charge is 2.06. The molecule has 1 rings (SSSR count). The first kappa shape index (κ1) is 10.5. The molecule has 0 radical (unpaired) electrons. The molecule has 0 fully saturated rings. The fraction of sp³-hybridized carbons (Fsp3) is 0.333. The van der Waals surface area contributed by atoms with Gasteiger partial charge < -0.3 is 10.4 Å². The van der Waals surface area contributed by atoms with E-state index in [1.54, 1.807) is 6.07 Å². The van der Waals surface area contributed by atoms with Gasteiger partial charge in [0.05, 0.1) is 4.47 Å². The minimum Gasteiger partial charge on any atom is -0.508 e. The normalized spacial score (nSPS) is 10.4. The Labute approximate surface area is 84.9 Å². The van der Waals surface area contributed by atoms with Crippen molar-refractivity contribution < 1.29 is 9.50 Å². The second-order valence-electron chi connectivity index (χ2n) is 2.75. The summed E-state index contributed by atoms with van der Waals surface area (Å²) in [6, 6.07) is 2.72. The molecule has 0 bridgehead atoms. The summed E-state index contributed by atoms with van der Waals surface area (Å²) >= 11 is 3.07. The molecule has 0 amide bonds. The summed E-state index contributed by atoms with van der Waals surface area (Å²) in [7, 11) is 1.83. The lowest BCUT2D eigenvalue weighted by Crippen LogP contribution is -2.10. The van der Waals surface area contributed by atoms with Gasteiger partial charge in [0, 0.05) is 6.07 Å². The molecule has 0 aliphatic carbocycles. The van der Waals surface area contributed by atoms with Gasteiger partial charge >= 0.3 is 0 Å². The van der Waals surface area contributed by atoms with E-state index in [1.807, 2.05) is 7.05 Å². The molecular weight excluding hydrogens is 237 g/mol. The van der Waals surface area contributed by atoms with Crippen LogP contribution in [0.5, 0.6) is 5.75 Å². The van der Waals surface area contributed by atoms with Gasteiger partial charge in [0.25, 0.3) is 0 Å². The smallest absolute Gasteiger partial charge is 0.141 e. The van der Waals surface area contributed by atoms with E-state index >= 15 is 0 Å². The van der Waals surface area contributed by atoms with Crippen LogP contribution in [0.3, 0.4) is 0 Å². The predicted molar refractivity (Wildman–Crippen MR) is 53.4 cm³/mol. The van der Waals surface area contributed by atoms with Crippen LogP contribution in [0.2, 0.25) is 0 Å². The largest absolute Gasteiger partial charge is 0.508 e. The summed E-state index contributed by atoms with van der Waals surface area (Å²) in [5.41, 5.74) is 0.739. The summed E-state index contributed by atoms with van der Waals surface area (Å²) < 4.78 is 13.2. The SMILES string of the molecule is CNCCc1cc(Br)c(F)cc1O. The minimum atomic E-state index is -0.439. The molecule has 0 saturated heterocycles. The summed E-state index contributed by atoms with van der Waals surface area (Å²) in [6.07, 6.45) is 0.682. The first-order valence-electron chi connectivity index (χ1n) is 3.96. The second-order valence-corrected chi connectivity index (χ2v) is 3.60. The highest BCUT2D eigenvalue weighted by atomic mass is 79.9. The van der Waals surface area contributed by atoms with E-state index in [2.05, 4.69) is 21.2 Å². The predicted octanol–water partition coefficient (Wildman–Crippen LogP) is 2.06. The fourth-order valence-electron chi connectivity index (χ4n) is 1.04. The van der Waals surface area contributed by atoms with Crippen molar-refractivity contribution in [2.45, 2.75) is 6.42 Å². The number of rotatable bonds is 3. The Balaban J connectivity index is 2.88. The van der Waals surface area contributed by atoms with Crippen LogP contribution in [-0.4, -0.2) is 18.7 Å². The van der Waals surface area contributed by atoms with Crippen LogP contribution in [0.1, 0.15) is 5.56 Å². The Kier molecular flexibility index (Phi) is 3.69. The summed E-state index contributed by atoms with van der Waals surface area (Å²) in [5.74, 6) is -0.429. The van der Waals surface area contributed by atoms with E-state index in [-0.39, 0.29) is 5.75 Å². The van der Waals surface area contributed by atoms with Crippen molar-refractivity contribution >= 4 is 15.9 Å². The number of nitrogens with one attached hydrogen (secondary N) is 1. The lowest BCUT2D eigenvalue weighted by atomic mass is 10.1. The van der Waals surface area contributed by atoms with E-state index in [1.165, 1.54) is 0 Å². The number of aromatic hydroxyl groups is 1. The molecule has 13 heavy (non-hydrogen) atoms. The molecule has 1 aromatic carbocycles. The molecule has 0 unspecified atom stereocenters. The van der Waals surface area contributed by atoms with Crippen LogP contribution in [0.25, 0.3) is 0 Å². The van der Waals surface area contributed by atoms with Crippen molar-refractivity contribution in [1.29, 1.82) is 0 Å². The van der Waals surface area contributed by atoms with E-state index < -0.39 is 5.82 Å². The Morgan fingerprint density at radius 3 is 2.85 bits per heavy atom. The van der Waals surface area contributed by atoms with Crippen molar-refractivity contribution in [3.8, 4) is 5.75 Å². The van der Waals surface area contributed by atoms with Crippen molar-refractivity contribution in [1.82, 2.24) is 5.32 Å². The molecule has 0 spiro atoms. The Morgan fingerprint density at radius 1 is 1.54 bits per heavy atom. The molecular formula is C9H11BrFNO. The maximum Gasteiger partial charge on any atom is 0.141 e. The molecule has 72 valence electrons. The zero-order valence-corrected chi connectivity index (χ0v) is 8.86. The van der Waals surface area contributed by atoms with E-state index in [0.29, 0.717) is 10.9 Å².